The van der Waals surface area contributed by atoms with E-state index in [-0.39, 0.29) is 5.91 Å². The smallest absolute Gasteiger partial charge is 0.270 e. The number of carbonyl (C=O) groups excluding carboxylic acids is 1. The molecule has 1 aliphatic heterocycles. The summed E-state index contributed by atoms with van der Waals surface area (Å²) in [4.78, 5) is 15.7. The zero-order chi connectivity index (χ0) is 26.6. The van der Waals surface area contributed by atoms with E-state index in [1.54, 1.807) is 0 Å². The molecule has 0 unspecified atom stereocenters. The van der Waals surface area contributed by atoms with Gasteiger partial charge in [-0.05, 0) is 57.5 Å². The van der Waals surface area contributed by atoms with E-state index in [4.69, 9.17) is 4.42 Å². The van der Waals surface area contributed by atoms with Crippen LogP contribution in [0.5, 0.6) is 0 Å². The first-order valence-electron chi connectivity index (χ1n) is 13.2. The summed E-state index contributed by atoms with van der Waals surface area (Å²) in [6.07, 6.45) is 2.91. The van der Waals surface area contributed by atoms with Gasteiger partial charge >= 0.3 is 0 Å². The van der Waals surface area contributed by atoms with Gasteiger partial charge in [0.1, 0.15) is 37.1 Å². The molecule has 3 aromatic rings. The molecule has 0 saturated heterocycles. The van der Waals surface area contributed by atoms with Gasteiger partial charge < -0.3 is 9.32 Å². The first-order valence-corrected chi connectivity index (χ1v) is 13.2. The van der Waals surface area contributed by atoms with Crippen LogP contribution in [-0.4, -0.2) is 47.0 Å². The molecule has 0 atom stereocenters. The fourth-order valence-corrected chi connectivity index (χ4v) is 5.06. The van der Waals surface area contributed by atoms with Gasteiger partial charge in [-0.15, -0.1) is 10.2 Å². The van der Waals surface area contributed by atoms with Crippen molar-refractivity contribution in [1.29, 1.82) is 0 Å². The molecule has 0 radical (unpaired) electrons. The molecule has 1 N–H and O–H groups in total. The highest BCUT2D eigenvalue weighted by Gasteiger charge is 2.23. The predicted molar refractivity (Wildman–Crippen MR) is 152 cm³/mol. The van der Waals surface area contributed by atoms with E-state index in [9.17, 15) is 4.79 Å². The number of hydrogen-bond acceptors (Lipinski definition) is 5. The summed E-state index contributed by atoms with van der Waals surface area (Å²) in [5.41, 5.74) is 8.02. The van der Waals surface area contributed by atoms with Gasteiger partial charge in [-0.2, -0.15) is 0 Å². The fraction of sp³-hybridized carbons (Fsp3) is 0.267. The van der Waals surface area contributed by atoms with Crippen molar-refractivity contribution in [2.75, 3.05) is 36.5 Å². The van der Waals surface area contributed by atoms with Crippen LogP contribution in [0.2, 0.25) is 0 Å². The Morgan fingerprint density at radius 2 is 1.66 bits per heavy atom. The van der Waals surface area contributed by atoms with Crippen molar-refractivity contribution in [2.45, 2.75) is 27.7 Å². The van der Waals surface area contributed by atoms with E-state index in [0.717, 1.165) is 70.6 Å². The molecule has 194 valence electrons. The molecule has 8 heteroatoms. The van der Waals surface area contributed by atoms with Gasteiger partial charge in [0.25, 0.3) is 5.91 Å². The first kappa shape index (κ1) is 25.2. The molecule has 2 aromatic carbocycles. The Morgan fingerprint density at radius 3 is 2.37 bits per heavy atom. The molecule has 0 fully saturated rings. The second-order valence-electron chi connectivity index (χ2n) is 9.04. The lowest BCUT2D eigenvalue weighted by Crippen LogP contribution is -2.29. The van der Waals surface area contributed by atoms with E-state index >= 15 is 0 Å². The third-order valence-corrected chi connectivity index (χ3v) is 7.04. The summed E-state index contributed by atoms with van der Waals surface area (Å²) in [6.45, 7) is 12.2. The van der Waals surface area contributed by atoms with Crippen molar-refractivity contribution in [3.05, 3.63) is 84.2 Å². The Labute approximate surface area is 222 Å². The Bertz CT molecular complexity index is 1610. The number of nitrogens with one attached hydrogen (secondary N) is 1. The Kier molecular flexibility index (Phi) is 7.22. The SMILES string of the molecule is CCN(CC)c1ccc2c(-c3ccccc3C(=O)Nn3cnnc3)c3ccc(=[N+](CC)CC)cc-3oc2c1. The van der Waals surface area contributed by atoms with Crippen LogP contribution >= 0.6 is 0 Å². The number of hydrogen-bond donors (Lipinski definition) is 1. The van der Waals surface area contributed by atoms with Gasteiger partial charge in [-0.3, -0.25) is 10.2 Å². The van der Waals surface area contributed by atoms with Crippen LogP contribution in [0.3, 0.4) is 0 Å². The zero-order valence-electron chi connectivity index (χ0n) is 22.3. The minimum Gasteiger partial charge on any atom is -0.456 e. The average Bonchev–Trinajstić information content (AvgIpc) is 3.46. The second-order valence-corrected chi connectivity index (χ2v) is 9.04. The zero-order valence-corrected chi connectivity index (χ0v) is 22.3. The van der Waals surface area contributed by atoms with Gasteiger partial charge in [0.2, 0.25) is 5.36 Å². The second kappa shape index (κ2) is 10.9. The van der Waals surface area contributed by atoms with E-state index in [1.165, 1.54) is 17.3 Å². The minimum atomic E-state index is -0.248. The number of amides is 1. The molecule has 0 bridgehead atoms. The number of carbonyl (C=O) groups is 1. The highest BCUT2D eigenvalue weighted by atomic mass is 16.3. The van der Waals surface area contributed by atoms with Crippen LogP contribution in [0.1, 0.15) is 38.1 Å². The molecule has 8 nitrogen and oxygen atoms in total. The minimum absolute atomic E-state index is 0.248. The lowest BCUT2D eigenvalue weighted by molar-refractivity contribution is 0.101. The lowest BCUT2D eigenvalue weighted by Gasteiger charge is -2.22. The van der Waals surface area contributed by atoms with Gasteiger partial charge in [0, 0.05) is 53.0 Å². The van der Waals surface area contributed by atoms with Crippen molar-refractivity contribution in [1.82, 2.24) is 19.4 Å². The summed E-state index contributed by atoms with van der Waals surface area (Å²) in [6, 6.07) is 20.3. The van der Waals surface area contributed by atoms with E-state index < -0.39 is 0 Å². The molecule has 1 aromatic heterocycles. The molecule has 0 spiro atoms. The summed E-state index contributed by atoms with van der Waals surface area (Å²) in [7, 11) is 0. The Hall–Kier alpha value is -4.46. The van der Waals surface area contributed by atoms with Gasteiger partial charge in [-0.1, -0.05) is 18.2 Å². The van der Waals surface area contributed by atoms with Gasteiger partial charge in [-0.25, -0.2) is 9.25 Å². The van der Waals surface area contributed by atoms with E-state index in [2.05, 4.69) is 89.2 Å². The molecule has 0 saturated carbocycles. The standard InChI is InChI=1S/C30H32N6O2/c1-5-34(6-2)21-13-15-25-27(17-21)38-28-18-22(35(7-3)8-4)14-16-26(28)29(25)23-11-9-10-12-24(23)30(37)33-36-19-31-32-20-36/h9-20H,5-8H2,1-4H3/p+1. The number of anilines is 1. The number of nitrogens with zero attached hydrogens (tertiary/aromatic N) is 5. The summed E-state index contributed by atoms with van der Waals surface area (Å²) in [5, 5.41) is 9.62. The van der Waals surface area contributed by atoms with Crippen molar-refractivity contribution >= 4 is 22.6 Å². The number of fused-ring (bicyclic) bond motifs is 2. The normalized spacial score (nSPS) is 11.2. The van der Waals surface area contributed by atoms with Crippen LogP contribution in [0, 0.1) is 0 Å². The molecule has 38 heavy (non-hydrogen) atoms. The topological polar surface area (TPSA) is 79.2 Å². The van der Waals surface area contributed by atoms with Crippen LogP contribution in [0.4, 0.5) is 5.69 Å². The summed E-state index contributed by atoms with van der Waals surface area (Å²) >= 11 is 0. The first-order chi connectivity index (χ1) is 18.6. The Balaban J connectivity index is 1.80. The van der Waals surface area contributed by atoms with Crippen LogP contribution < -0.4 is 20.3 Å². The monoisotopic (exact) mass is 509 g/mol. The molecular weight excluding hydrogens is 476 g/mol. The third-order valence-electron chi connectivity index (χ3n) is 7.04. The molecular formula is C30H33N6O2+. The van der Waals surface area contributed by atoms with Crippen LogP contribution in [-0.2, 0) is 0 Å². The number of benzene rings is 3. The lowest BCUT2D eigenvalue weighted by atomic mass is 9.90. The highest BCUT2D eigenvalue weighted by Crippen LogP contribution is 2.42. The maximum atomic E-state index is 13.4. The van der Waals surface area contributed by atoms with E-state index in [0.29, 0.717) is 5.56 Å². The highest BCUT2D eigenvalue weighted by molar-refractivity contribution is 6.11. The fourth-order valence-electron chi connectivity index (χ4n) is 5.06. The maximum absolute atomic E-state index is 13.4. The van der Waals surface area contributed by atoms with Crippen molar-refractivity contribution in [2.24, 2.45) is 0 Å². The van der Waals surface area contributed by atoms with Crippen LogP contribution in [0.25, 0.3) is 33.4 Å². The summed E-state index contributed by atoms with van der Waals surface area (Å²) < 4.78 is 10.3. The quantitative estimate of drug-likeness (QED) is 0.239. The van der Waals surface area contributed by atoms with Crippen LogP contribution in [0.15, 0.2) is 77.7 Å². The summed E-state index contributed by atoms with van der Waals surface area (Å²) in [5.74, 6) is 0.532. The van der Waals surface area contributed by atoms with Crippen molar-refractivity contribution in [3.63, 3.8) is 0 Å². The molecule has 5 rings (SSSR count). The van der Waals surface area contributed by atoms with Crippen molar-refractivity contribution < 1.29 is 9.21 Å². The van der Waals surface area contributed by atoms with E-state index in [1.807, 2.05) is 24.3 Å². The number of rotatable bonds is 8. The predicted octanol–water partition coefficient (Wildman–Crippen LogP) is 4.84. The van der Waals surface area contributed by atoms with Crippen molar-refractivity contribution in [3.8, 4) is 22.5 Å². The average molecular weight is 510 g/mol. The molecule has 1 aliphatic carbocycles. The maximum Gasteiger partial charge on any atom is 0.270 e. The molecule has 2 heterocycles. The molecule has 2 aliphatic rings. The van der Waals surface area contributed by atoms with Gasteiger partial charge in [0.05, 0.1) is 6.07 Å². The largest absolute Gasteiger partial charge is 0.456 e. The number of aromatic nitrogens is 3. The third kappa shape index (κ3) is 4.65. The van der Waals surface area contributed by atoms with Gasteiger partial charge in [0.15, 0.2) is 0 Å². The Morgan fingerprint density at radius 1 is 0.921 bits per heavy atom. The molecule has 1 amide bonds.